The third-order valence-corrected chi connectivity index (χ3v) is 3.17. The molecule has 0 heterocycles. The van der Waals surface area contributed by atoms with Crippen molar-refractivity contribution in [1.82, 2.24) is 0 Å². The summed E-state index contributed by atoms with van der Waals surface area (Å²) in [4.78, 5) is 0. The molecule has 15 heavy (non-hydrogen) atoms. The first kappa shape index (κ1) is 12.3. The van der Waals surface area contributed by atoms with Crippen molar-refractivity contribution in [3.05, 3.63) is 35.9 Å². The highest BCUT2D eigenvalue weighted by molar-refractivity contribution is 5.14. The Kier molecular flexibility index (Phi) is 5.41. The topological polar surface area (TPSA) is 26.0 Å². The third kappa shape index (κ3) is 4.48. The van der Waals surface area contributed by atoms with Crippen LogP contribution in [-0.2, 0) is 6.42 Å². The lowest BCUT2D eigenvalue weighted by atomic mass is 9.93. The van der Waals surface area contributed by atoms with Crippen LogP contribution in [0.25, 0.3) is 0 Å². The van der Waals surface area contributed by atoms with Crippen LogP contribution in [0.5, 0.6) is 0 Å². The molecular formula is C14H23N. The molecule has 0 spiro atoms. The average molecular weight is 205 g/mol. The highest BCUT2D eigenvalue weighted by Crippen LogP contribution is 2.14. The molecule has 0 aliphatic carbocycles. The summed E-state index contributed by atoms with van der Waals surface area (Å²) in [5, 5.41) is 0. The summed E-state index contributed by atoms with van der Waals surface area (Å²) in [7, 11) is 0. The molecule has 0 radical (unpaired) electrons. The van der Waals surface area contributed by atoms with Gasteiger partial charge in [-0.2, -0.15) is 0 Å². The Bertz CT molecular complexity index is 255. The van der Waals surface area contributed by atoms with E-state index < -0.39 is 0 Å². The van der Waals surface area contributed by atoms with Crippen LogP contribution in [0.3, 0.4) is 0 Å². The molecule has 2 N–H and O–H groups in total. The molecule has 0 aromatic heterocycles. The fraction of sp³-hybridized carbons (Fsp3) is 0.571. The summed E-state index contributed by atoms with van der Waals surface area (Å²) in [5.41, 5.74) is 7.44. The lowest BCUT2D eigenvalue weighted by Crippen LogP contribution is -2.27. The molecular weight excluding hydrogens is 182 g/mol. The number of rotatable bonds is 6. The second kappa shape index (κ2) is 6.62. The first-order chi connectivity index (χ1) is 7.24. The van der Waals surface area contributed by atoms with Crippen molar-refractivity contribution in [2.45, 2.75) is 45.6 Å². The monoisotopic (exact) mass is 205 g/mol. The minimum Gasteiger partial charge on any atom is -0.327 e. The minimum atomic E-state index is 0.376. The molecule has 84 valence electrons. The van der Waals surface area contributed by atoms with Gasteiger partial charge in [0.15, 0.2) is 0 Å². The van der Waals surface area contributed by atoms with Crippen molar-refractivity contribution in [2.24, 2.45) is 11.7 Å². The van der Waals surface area contributed by atoms with E-state index >= 15 is 0 Å². The van der Waals surface area contributed by atoms with Gasteiger partial charge in [0.05, 0.1) is 0 Å². The fourth-order valence-electron chi connectivity index (χ4n) is 1.89. The second-order valence-electron chi connectivity index (χ2n) is 4.43. The molecule has 0 aliphatic heterocycles. The van der Waals surface area contributed by atoms with E-state index in [4.69, 9.17) is 5.73 Å². The minimum absolute atomic E-state index is 0.376. The van der Waals surface area contributed by atoms with E-state index in [1.807, 2.05) is 0 Å². The van der Waals surface area contributed by atoms with Gasteiger partial charge in [-0.05, 0) is 37.2 Å². The van der Waals surface area contributed by atoms with Gasteiger partial charge in [-0.3, -0.25) is 0 Å². The fourth-order valence-corrected chi connectivity index (χ4v) is 1.89. The maximum Gasteiger partial charge on any atom is 0.00619 e. The average Bonchev–Trinajstić information content (AvgIpc) is 2.29. The van der Waals surface area contributed by atoms with E-state index in [0.717, 1.165) is 6.42 Å². The first-order valence-electron chi connectivity index (χ1n) is 6.03. The maximum atomic E-state index is 6.00. The van der Waals surface area contributed by atoms with Crippen LogP contribution in [0, 0.1) is 5.92 Å². The van der Waals surface area contributed by atoms with Crippen LogP contribution in [0.15, 0.2) is 30.3 Å². The van der Waals surface area contributed by atoms with Gasteiger partial charge in [-0.15, -0.1) is 0 Å². The smallest absolute Gasteiger partial charge is 0.00619 e. The van der Waals surface area contributed by atoms with Crippen LogP contribution >= 0.6 is 0 Å². The molecule has 0 saturated carbocycles. The zero-order valence-corrected chi connectivity index (χ0v) is 9.95. The molecule has 0 bridgehead atoms. The molecule has 0 amide bonds. The van der Waals surface area contributed by atoms with E-state index in [-0.39, 0.29) is 0 Å². The van der Waals surface area contributed by atoms with Gasteiger partial charge in [-0.1, -0.05) is 44.2 Å². The van der Waals surface area contributed by atoms with Gasteiger partial charge < -0.3 is 5.73 Å². The molecule has 1 aromatic rings. The Balaban J connectivity index is 2.22. The summed E-state index contributed by atoms with van der Waals surface area (Å²) >= 11 is 0. The zero-order valence-electron chi connectivity index (χ0n) is 9.95. The van der Waals surface area contributed by atoms with Crippen LogP contribution in [-0.4, -0.2) is 6.04 Å². The van der Waals surface area contributed by atoms with Gasteiger partial charge in [0.25, 0.3) is 0 Å². The van der Waals surface area contributed by atoms with Crippen molar-refractivity contribution < 1.29 is 0 Å². The van der Waals surface area contributed by atoms with E-state index in [2.05, 4.69) is 44.2 Å². The number of benzene rings is 1. The Morgan fingerprint density at radius 1 is 1.20 bits per heavy atom. The van der Waals surface area contributed by atoms with Crippen LogP contribution in [0.2, 0.25) is 0 Å². The molecule has 1 rings (SSSR count). The summed E-state index contributed by atoms with van der Waals surface area (Å²) in [6.07, 6.45) is 4.76. The van der Waals surface area contributed by atoms with Crippen LogP contribution in [0.1, 0.15) is 38.7 Å². The summed E-state index contributed by atoms with van der Waals surface area (Å²) in [5.74, 6) is 0.652. The largest absolute Gasteiger partial charge is 0.327 e. The normalized spacial score (nSPS) is 14.9. The Morgan fingerprint density at radius 3 is 2.47 bits per heavy atom. The van der Waals surface area contributed by atoms with Crippen LogP contribution in [0.4, 0.5) is 0 Å². The summed E-state index contributed by atoms with van der Waals surface area (Å²) in [6.45, 7) is 4.43. The summed E-state index contributed by atoms with van der Waals surface area (Å²) in [6, 6.07) is 11.1. The first-order valence-corrected chi connectivity index (χ1v) is 6.03. The number of nitrogens with two attached hydrogens (primary N) is 1. The highest BCUT2D eigenvalue weighted by atomic mass is 14.6. The number of hydrogen-bond donors (Lipinski definition) is 1. The number of hydrogen-bond acceptors (Lipinski definition) is 1. The van der Waals surface area contributed by atoms with E-state index in [9.17, 15) is 0 Å². The predicted molar refractivity (Wildman–Crippen MR) is 66.8 cm³/mol. The standard InChI is InChI=1S/C14H23N/c1-3-14(15)12(2)8-7-11-13-9-5-4-6-10-13/h4-6,9-10,12,14H,3,7-8,11,15H2,1-2H3. The van der Waals surface area contributed by atoms with E-state index in [1.54, 1.807) is 0 Å². The summed E-state index contributed by atoms with van der Waals surface area (Å²) < 4.78 is 0. The SMILES string of the molecule is CCC(N)C(C)CCCc1ccccc1. The van der Waals surface area contributed by atoms with Gasteiger partial charge >= 0.3 is 0 Å². The van der Waals surface area contributed by atoms with Gasteiger partial charge in [0.1, 0.15) is 0 Å². The van der Waals surface area contributed by atoms with Crippen molar-refractivity contribution >= 4 is 0 Å². The van der Waals surface area contributed by atoms with Gasteiger partial charge in [0.2, 0.25) is 0 Å². The molecule has 1 nitrogen and oxygen atoms in total. The second-order valence-corrected chi connectivity index (χ2v) is 4.43. The van der Waals surface area contributed by atoms with Crippen molar-refractivity contribution in [3.63, 3.8) is 0 Å². The lowest BCUT2D eigenvalue weighted by molar-refractivity contribution is 0.406. The zero-order chi connectivity index (χ0) is 11.1. The van der Waals surface area contributed by atoms with Crippen LogP contribution < -0.4 is 5.73 Å². The number of aryl methyl sites for hydroxylation is 1. The van der Waals surface area contributed by atoms with Gasteiger partial charge in [-0.25, -0.2) is 0 Å². The van der Waals surface area contributed by atoms with Crippen molar-refractivity contribution in [1.29, 1.82) is 0 Å². The van der Waals surface area contributed by atoms with Crippen molar-refractivity contribution in [3.8, 4) is 0 Å². The molecule has 2 atom stereocenters. The maximum absolute atomic E-state index is 6.00. The molecule has 0 aliphatic rings. The van der Waals surface area contributed by atoms with E-state index in [1.165, 1.54) is 24.8 Å². The Labute approximate surface area is 93.7 Å². The third-order valence-electron chi connectivity index (χ3n) is 3.17. The lowest BCUT2D eigenvalue weighted by Gasteiger charge is -2.17. The van der Waals surface area contributed by atoms with Gasteiger partial charge in [0, 0.05) is 6.04 Å². The molecule has 1 aromatic carbocycles. The molecule has 0 saturated heterocycles. The highest BCUT2D eigenvalue weighted by Gasteiger charge is 2.09. The van der Waals surface area contributed by atoms with Crippen molar-refractivity contribution in [2.75, 3.05) is 0 Å². The predicted octanol–water partition coefficient (Wildman–Crippen LogP) is 3.38. The Hall–Kier alpha value is -0.820. The van der Waals surface area contributed by atoms with E-state index in [0.29, 0.717) is 12.0 Å². The molecule has 2 unspecified atom stereocenters. The quantitative estimate of drug-likeness (QED) is 0.757. The molecule has 0 fully saturated rings. The Morgan fingerprint density at radius 2 is 1.87 bits per heavy atom. The molecule has 1 heteroatoms.